The Morgan fingerprint density at radius 2 is 2.06 bits per heavy atom. The van der Waals surface area contributed by atoms with Gasteiger partial charge in [0.25, 0.3) is 0 Å². The van der Waals surface area contributed by atoms with E-state index in [1.807, 2.05) is 12.1 Å². The van der Waals surface area contributed by atoms with Crippen molar-refractivity contribution in [2.24, 2.45) is 0 Å². The zero-order valence-corrected chi connectivity index (χ0v) is 8.86. The maximum atomic E-state index is 11.3. The van der Waals surface area contributed by atoms with Crippen molar-refractivity contribution in [1.82, 2.24) is 10.6 Å². The molecular formula is C12H13N3O. The van der Waals surface area contributed by atoms with Gasteiger partial charge in [-0.15, -0.1) is 0 Å². The molecule has 0 aliphatic heterocycles. The Kier molecular flexibility index (Phi) is 3.06. The molecule has 1 aromatic carbocycles. The van der Waals surface area contributed by atoms with Crippen molar-refractivity contribution in [1.29, 1.82) is 5.26 Å². The molecule has 0 heterocycles. The van der Waals surface area contributed by atoms with Crippen molar-refractivity contribution < 1.29 is 4.79 Å². The Labute approximate surface area is 94.3 Å². The van der Waals surface area contributed by atoms with Crippen LogP contribution in [0.3, 0.4) is 0 Å². The first-order valence-electron chi connectivity index (χ1n) is 5.31. The molecule has 82 valence electrons. The van der Waals surface area contributed by atoms with Crippen LogP contribution in [0.4, 0.5) is 4.79 Å². The minimum absolute atomic E-state index is 0.119. The number of urea groups is 1. The number of hydrogen-bond donors (Lipinski definition) is 2. The van der Waals surface area contributed by atoms with E-state index in [1.165, 1.54) is 0 Å². The minimum atomic E-state index is -0.119. The first-order chi connectivity index (χ1) is 7.78. The van der Waals surface area contributed by atoms with Gasteiger partial charge in [0.15, 0.2) is 0 Å². The van der Waals surface area contributed by atoms with Gasteiger partial charge in [-0.05, 0) is 30.5 Å². The van der Waals surface area contributed by atoms with Crippen LogP contribution in [0.2, 0.25) is 0 Å². The van der Waals surface area contributed by atoms with Gasteiger partial charge in [-0.1, -0.05) is 12.1 Å². The molecule has 2 amide bonds. The molecule has 16 heavy (non-hydrogen) atoms. The molecule has 1 aromatic rings. The summed E-state index contributed by atoms with van der Waals surface area (Å²) in [5.74, 6) is 0. The molecule has 1 saturated carbocycles. The van der Waals surface area contributed by atoms with Crippen molar-refractivity contribution in [2.75, 3.05) is 0 Å². The zero-order valence-electron chi connectivity index (χ0n) is 8.86. The maximum absolute atomic E-state index is 11.3. The predicted molar refractivity (Wildman–Crippen MR) is 59.6 cm³/mol. The molecule has 0 atom stereocenters. The smallest absolute Gasteiger partial charge is 0.315 e. The first kappa shape index (κ1) is 10.5. The van der Waals surface area contributed by atoms with Crippen molar-refractivity contribution in [3.8, 4) is 6.07 Å². The number of amides is 2. The molecule has 4 nitrogen and oxygen atoms in total. The molecule has 2 rings (SSSR count). The average Bonchev–Trinajstić information content (AvgIpc) is 3.11. The van der Waals surface area contributed by atoms with Crippen LogP contribution in [0.1, 0.15) is 24.0 Å². The van der Waals surface area contributed by atoms with Crippen LogP contribution in [0, 0.1) is 11.3 Å². The fourth-order valence-electron chi connectivity index (χ4n) is 1.34. The second-order valence-corrected chi connectivity index (χ2v) is 3.91. The van der Waals surface area contributed by atoms with Gasteiger partial charge in [-0.3, -0.25) is 0 Å². The summed E-state index contributed by atoms with van der Waals surface area (Å²) in [6.07, 6.45) is 2.18. The van der Waals surface area contributed by atoms with Crippen molar-refractivity contribution >= 4 is 6.03 Å². The fraction of sp³-hybridized carbons (Fsp3) is 0.333. The van der Waals surface area contributed by atoms with E-state index < -0.39 is 0 Å². The van der Waals surface area contributed by atoms with E-state index in [4.69, 9.17) is 5.26 Å². The summed E-state index contributed by atoms with van der Waals surface area (Å²) in [6, 6.07) is 9.49. The van der Waals surface area contributed by atoms with E-state index in [0.717, 1.165) is 18.4 Å². The lowest BCUT2D eigenvalue weighted by atomic mass is 10.1. The Balaban J connectivity index is 1.79. The third-order valence-corrected chi connectivity index (χ3v) is 2.45. The fourth-order valence-corrected chi connectivity index (χ4v) is 1.34. The van der Waals surface area contributed by atoms with Gasteiger partial charge in [-0.25, -0.2) is 4.79 Å². The molecule has 0 unspecified atom stereocenters. The number of rotatable bonds is 3. The van der Waals surface area contributed by atoms with E-state index in [2.05, 4.69) is 16.7 Å². The lowest BCUT2D eigenvalue weighted by molar-refractivity contribution is 0.240. The highest BCUT2D eigenvalue weighted by Crippen LogP contribution is 2.18. The highest BCUT2D eigenvalue weighted by Gasteiger charge is 2.22. The van der Waals surface area contributed by atoms with Gasteiger partial charge < -0.3 is 10.6 Å². The van der Waals surface area contributed by atoms with Gasteiger partial charge in [0, 0.05) is 12.6 Å². The summed E-state index contributed by atoms with van der Waals surface area (Å²) >= 11 is 0. The van der Waals surface area contributed by atoms with Crippen LogP contribution >= 0.6 is 0 Å². The summed E-state index contributed by atoms with van der Waals surface area (Å²) in [5.41, 5.74) is 1.62. The quantitative estimate of drug-likeness (QED) is 0.802. The standard InChI is InChI=1S/C12H13N3O/c13-7-9-1-3-10(4-2-9)8-14-12(16)15-11-5-6-11/h1-4,11H,5-6,8H2,(H2,14,15,16). The van der Waals surface area contributed by atoms with E-state index in [0.29, 0.717) is 18.2 Å². The van der Waals surface area contributed by atoms with Crippen LogP contribution in [0.15, 0.2) is 24.3 Å². The summed E-state index contributed by atoms with van der Waals surface area (Å²) in [6.45, 7) is 0.490. The normalized spacial score (nSPS) is 13.9. The molecule has 0 bridgehead atoms. The SMILES string of the molecule is N#Cc1ccc(CNC(=O)NC2CC2)cc1. The zero-order chi connectivity index (χ0) is 11.4. The number of benzene rings is 1. The molecule has 1 aliphatic rings. The molecular weight excluding hydrogens is 202 g/mol. The number of hydrogen-bond acceptors (Lipinski definition) is 2. The van der Waals surface area contributed by atoms with Gasteiger partial charge in [0.1, 0.15) is 0 Å². The predicted octanol–water partition coefficient (Wildman–Crippen LogP) is 1.52. The molecule has 0 spiro atoms. The van der Waals surface area contributed by atoms with Crippen LogP contribution < -0.4 is 10.6 Å². The topological polar surface area (TPSA) is 64.9 Å². The third kappa shape index (κ3) is 2.99. The van der Waals surface area contributed by atoms with Crippen molar-refractivity contribution in [3.05, 3.63) is 35.4 Å². The largest absolute Gasteiger partial charge is 0.335 e. The molecule has 1 aliphatic carbocycles. The van der Waals surface area contributed by atoms with Gasteiger partial charge in [-0.2, -0.15) is 5.26 Å². The Bertz CT molecular complexity index is 415. The van der Waals surface area contributed by atoms with Crippen LogP contribution in [0.25, 0.3) is 0 Å². The summed E-state index contributed by atoms with van der Waals surface area (Å²) in [5, 5.41) is 14.2. The number of carbonyl (C=O) groups is 1. The number of nitrogens with one attached hydrogen (secondary N) is 2. The Hall–Kier alpha value is -2.02. The minimum Gasteiger partial charge on any atom is -0.335 e. The summed E-state index contributed by atoms with van der Waals surface area (Å²) < 4.78 is 0. The van der Waals surface area contributed by atoms with E-state index in [-0.39, 0.29) is 6.03 Å². The number of carbonyl (C=O) groups excluding carboxylic acids is 1. The highest BCUT2D eigenvalue weighted by atomic mass is 16.2. The first-order valence-corrected chi connectivity index (χ1v) is 5.31. The molecule has 1 fully saturated rings. The Morgan fingerprint density at radius 1 is 1.38 bits per heavy atom. The van der Waals surface area contributed by atoms with Gasteiger partial charge in [0.2, 0.25) is 0 Å². The second kappa shape index (κ2) is 4.67. The monoisotopic (exact) mass is 215 g/mol. The molecule has 0 aromatic heterocycles. The van der Waals surface area contributed by atoms with E-state index in [1.54, 1.807) is 12.1 Å². The van der Waals surface area contributed by atoms with Crippen LogP contribution in [0.5, 0.6) is 0 Å². The molecule has 4 heteroatoms. The molecule has 0 radical (unpaired) electrons. The van der Waals surface area contributed by atoms with Gasteiger partial charge in [0.05, 0.1) is 11.6 Å². The second-order valence-electron chi connectivity index (χ2n) is 3.91. The summed E-state index contributed by atoms with van der Waals surface area (Å²) in [7, 11) is 0. The number of nitrogens with zero attached hydrogens (tertiary/aromatic N) is 1. The molecule has 0 saturated heterocycles. The van der Waals surface area contributed by atoms with Crippen molar-refractivity contribution in [2.45, 2.75) is 25.4 Å². The highest BCUT2D eigenvalue weighted by molar-refractivity contribution is 5.74. The van der Waals surface area contributed by atoms with Crippen molar-refractivity contribution in [3.63, 3.8) is 0 Å². The maximum Gasteiger partial charge on any atom is 0.315 e. The van der Waals surface area contributed by atoms with E-state index >= 15 is 0 Å². The Morgan fingerprint density at radius 3 is 2.62 bits per heavy atom. The third-order valence-electron chi connectivity index (χ3n) is 2.45. The summed E-state index contributed by atoms with van der Waals surface area (Å²) in [4.78, 5) is 11.3. The van der Waals surface area contributed by atoms with Crippen LogP contribution in [-0.2, 0) is 6.54 Å². The lowest BCUT2D eigenvalue weighted by Crippen LogP contribution is -2.36. The average molecular weight is 215 g/mol. The van der Waals surface area contributed by atoms with Gasteiger partial charge >= 0.3 is 6.03 Å². The van der Waals surface area contributed by atoms with E-state index in [9.17, 15) is 4.79 Å². The number of nitriles is 1. The molecule has 2 N–H and O–H groups in total. The van der Waals surface area contributed by atoms with Crippen LogP contribution in [-0.4, -0.2) is 12.1 Å². The lowest BCUT2D eigenvalue weighted by Gasteiger charge is -2.06.